The molecule has 0 aromatic carbocycles. The van der Waals surface area contributed by atoms with Crippen molar-refractivity contribution in [2.45, 2.75) is 25.9 Å². The number of hydrogen-bond donors (Lipinski definition) is 1. The van der Waals surface area contributed by atoms with Crippen molar-refractivity contribution < 1.29 is 0 Å². The lowest BCUT2D eigenvalue weighted by Crippen LogP contribution is -2.51. The van der Waals surface area contributed by atoms with E-state index in [1.165, 1.54) is 6.42 Å². The first-order valence-electron chi connectivity index (χ1n) is 8.85. The number of piperidine rings is 1. The zero-order valence-corrected chi connectivity index (χ0v) is 14.8. The van der Waals surface area contributed by atoms with Crippen molar-refractivity contribution in [3.8, 4) is 0 Å². The Morgan fingerprint density at radius 1 is 1.24 bits per heavy atom. The molecule has 4 heterocycles. The number of aromatic nitrogens is 4. The lowest BCUT2D eigenvalue weighted by atomic mass is 9.92. The van der Waals surface area contributed by atoms with Gasteiger partial charge in [-0.15, -0.1) is 0 Å². The van der Waals surface area contributed by atoms with Gasteiger partial charge < -0.3 is 9.88 Å². The normalized spacial score (nSPS) is 21.5. The monoisotopic (exact) mass is 336 g/mol. The number of rotatable bonds is 4. The van der Waals surface area contributed by atoms with Crippen molar-refractivity contribution in [3.05, 3.63) is 48.7 Å². The van der Waals surface area contributed by atoms with Crippen LogP contribution in [0.3, 0.4) is 0 Å². The van der Waals surface area contributed by atoms with Crippen LogP contribution in [-0.2, 0) is 6.54 Å². The summed E-state index contributed by atoms with van der Waals surface area (Å²) in [6, 6.07) is 8.60. The molecule has 3 aromatic heterocycles. The fourth-order valence-corrected chi connectivity index (χ4v) is 3.78. The minimum Gasteiger partial charge on any atom is -0.354 e. The Morgan fingerprint density at radius 3 is 3.00 bits per heavy atom. The first-order valence-corrected chi connectivity index (χ1v) is 8.85. The van der Waals surface area contributed by atoms with Gasteiger partial charge in [-0.2, -0.15) is 0 Å². The highest BCUT2D eigenvalue weighted by molar-refractivity contribution is 5.87. The first-order chi connectivity index (χ1) is 12.2. The molecule has 6 heteroatoms. The van der Waals surface area contributed by atoms with E-state index in [0.717, 1.165) is 42.2 Å². The van der Waals surface area contributed by atoms with Crippen LogP contribution in [-0.4, -0.2) is 51.0 Å². The number of aromatic amines is 1. The molecule has 1 aliphatic heterocycles. The summed E-state index contributed by atoms with van der Waals surface area (Å²) in [5.41, 5.74) is 2.03. The molecule has 0 spiro atoms. The Labute approximate surface area is 147 Å². The topological polar surface area (TPSA) is 60.9 Å². The summed E-state index contributed by atoms with van der Waals surface area (Å²) in [6.07, 6.45) is 6.62. The molecule has 0 radical (unpaired) electrons. The predicted molar refractivity (Wildman–Crippen MR) is 99.4 cm³/mol. The lowest BCUT2D eigenvalue weighted by Gasteiger charge is -2.42. The fraction of sp³-hybridized carbons (Fsp3) is 0.421. The number of anilines is 1. The molecule has 3 aromatic rings. The molecular weight excluding hydrogens is 312 g/mol. The highest BCUT2D eigenvalue weighted by atomic mass is 15.3. The quantitative estimate of drug-likeness (QED) is 0.794. The van der Waals surface area contributed by atoms with Gasteiger partial charge in [0.2, 0.25) is 0 Å². The van der Waals surface area contributed by atoms with Crippen molar-refractivity contribution in [1.29, 1.82) is 0 Å². The van der Waals surface area contributed by atoms with E-state index in [9.17, 15) is 0 Å². The number of nitrogens with one attached hydrogen (secondary N) is 1. The number of likely N-dealkylation sites (tertiary alicyclic amines) is 1. The minimum atomic E-state index is 0.422. The van der Waals surface area contributed by atoms with E-state index < -0.39 is 0 Å². The molecule has 4 rings (SSSR count). The molecule has 130 valence electrons. The minimum absolute atomic E-state index is 0.422. The van der Waals surface area contributed by atoms with Gasteiger partial charge >= 0.3 is 0 Å². The molecule has 0 aliphatic carbocycles. The lowest BCUT2D eigenvalue weighted by molar-refractivity contribution is 0.157. The largest absolute Gasteiger partial charge is 0.354 e. The third-order valence-corrected chi connectivity index (χ3v) is 5.28. The van der Waals surface area contributed by atoms with Gasteiger partial charge in [-0.3, -0.25) is 9.88 Å². The van der Waals surface area contributed by atoms with Crippen LogP contribution in [0.15, 0.2) is 43.0 Å². The molecule has 1 fully saturated rings. The molecule has 2 atom stereocenters. The maximum Gasteiger partial charge on any atom is 0.142 e. The standard InChI is InChI=1S/C19H24N6/c1-14-7-10-25(11-15-5-3-4-8-20-15)12-17(14)24(2)19-16-6-9-21-18(16)22-13-23-19/h3-6,8-9,13-14,17H,7,10-12H2,1-2H3,(H,21,22,23). The van der Waals surface area contributed by atoms with Crippen molar-refractivity contribution in [2.24, 2.45) is 5.92 Å². The average molecular weight is 336 g/mol. The molecule has 0 amide bonds. The van der Waals surface area contributed by atoms with Gasteiger partial charge in [-0.1, -0.05) is 13.0 Å². The van der Waals surface area contributed by atoms with Gasteiger partial charge in [0.25, 0.3) is 0 Å². The van der Waals surface area contributed by atoms with Crippen LogP contribution in [0.25, 0.3) is 11.0 Å². The summed E-state index contributed by atoms with van der Waals surface area (Å²) in [5, 5.41) is 1.08. The zero-order chi connectivity index (χ0) is 17.2. The Kier molecular flexibility index (Phi) is 4.36. The van der Waals surface area contributed by atoms with E-state index >= 15 is 0 Å². The number of nitrogens with zero attached hydrogens (tertiary/aromatic N) is 5. The highest BCUT2D eigenvalue weighted by Crippen LogP contribution is 2.28. The van der Waals surface area contributed by atoms with E-state index in [4.69, 9.17) is 0 Å². The van der Waals surface area contributed by atoms with Crippen molar-refractivity contribution in [1.82, 2.24) is 24.8 Å². The van der Waals surface area contributed by atoms with Crippen LogP contribution in [0.4, 0.5) is 5.82 Å². The van der Waals surface area contributed by atoms with Gasteiger partial charge in [-0.25, -0.2) is 9.97 Å². The van der Waals surface area contributed by atoms with Crippen LogP contribution in [0.1, 0.15) is 19.0 Å². The molecule has 2 unspecified atom stereocenters. The summed E-state index contributed by atoms with van der Waals surface area (Å²) in [6.45, 7) is 5.38. The zero-order valence-electron chi connectivity index (χ0n) is 14.8. The van der Waals surface area contributed by atoms with Crippen LogP contribution in [0, 0.1) is 5.92 Å². The Hall–Kier alpha value is -2.47. The van der Waals surface area contributed by atoms with Gasteiger partial charge in [0.1, 0.15) is 17.8 Å². The van der Waals surface area contributed by atoms with E-state index in [1.54, 1.807) is 6.33 Å². The summed E-state index contributed by atoms with van der Waals surface area (Å²) in [5.74, 6) is 1.62. The predicted octanol–water partition coefficient (Wildman–Crippen LogP) is 2.70. The first kappa shape index (κ1) is 16.0. The van der Waals surface area contributed by atoms with E-state index in [0.29, 0.717) is 12.0 Å². The summed E-state index contributed by atoms with van der Waals surface area (Å²) >= 11 is 0. The van der Waals surface area contributed by atoms with Gasteiger partial charge in [0.05, 0.1) is 11.1 Å². The van der Waals surface area contributed by atoms with Crippen LogP contribution in [0.2, 0.25) is 0 Å². The van der Waals surface area contributed by atoms with Gasteiger partial charge in [-0.05, 0) is 37.1 Å². The molecule has 1 saturated heterocycles. The number of fused-ring (bicyclic) bond motifs is 1. The number of hydrogen-bond acceptors (Lipinski definition) is 5. The summed E-state index contributed by atoms with van der Waals surface area (Å²) in [7, 11) is 2.15. The maximum atomic E-state index is 4.56. The molecule has 0 saturated carbocycles. The van der Waals surface area contributed by atoms with Crippen molar-refractivity contribution in [3.63, 3.8) is 0 Å². The van der Waals surface area contributed by atoms with E-state index in [2.05, 4.69) is 61.9 Å². The van der Waals surface area contributed by atoms with Gasteiger partial charge in [0, 0.05) is 38.6 Å². The van der Waals surface area contributed by atoms with E-state index in [-0.39, 0.29) is 0 Å². The molecule has 0 bridgehead atoms. The third kappa shape index (κ3) is 3.22. The molecular formula is C19H24N6. The third-order valence-electron chi connectivity index (χ3n) is 5.28. The second kappa shape index (κ2) is 6.80. The number of pyridine rings is 1. The Morgan fingerprint density at radius 2 is 2.16 bits per heavy atom. The highest BCUT2D eigenvalue weighted by Gasteiger charge is 2.30. The summed E-state index contributed by atoms with van der Waals surface area (Å²) in [4.78, 5) is 21.3. The second-order valence-corrected chi connectivity index (χ2v) is 6.94. The number of H-pyrrole nitrogens is 1. The second-order valence-electron chi connectivity index (χ2n) is 6.94. The van der Waals surface area contributed by atoms with Crippen LogP contribution < -0.4 is 4.90 Å². The fourth-order valence-electron chi connectivity index (χ4n) is 3.78. The van der Waals surface area contributed by atoms with Crippen LogP contribution in [0.5, 0.6) is 0 Å². The molecule has 25 heavy (non-hydrogen) atoms. The summed E-state index contributed by atoms with van der Waals surface area (Å²) < 4.78 is 0. The molecule has 1 aliphatic rings. The molecule has 6 nitrogen and oxygen atoms in total. The van der Waals surface area contributed by atoms with Crippen molar-refractivity contribution >= 4 is 16.9 Å². The van der Waals surface area contributed by atoms with Crippen LogP contribution >= 0.6 is 0 Å². The van der Waals surface area contributed by atoms with Gasteiger partial charge in [0.15, 0.2) is 0 Å². The van der Waals surface area contributed by atoms with Crippen molar-refractivity contribution in [2.75, 3.05) is 25.0 Å². The maximum absolute atomic E-state index is 4.56. The Bertz CT molecular complexity index is 830. The number of likely N-dealkylation sites (N-methyl/N-ethyl adjacent to an activating group) is 1. The SMILES string of the molecule is CC1CCN(Cc2ccccn2)CC1N(C)c1ncnc2[nH]ccc12. The average Bonchev–Trinajstić information content (AvgIpc) is 3.12. The molecule has 1 N–H and O–H groups in total. The Balaban J connectivity index is 1.54. The van der Waals surface area contributed by atoms with E-state index in [1.807, 2.05) is 18.5 Å². The smallest absolute Gasteiger partial charge is 0.142 e.